The third-order valence-electron chi connectivity index (χ3n) is 6.78. The van der Waals surface area contributed by atoms with Gasteiger partial charge < -0.3 is 0 Å². The summed E-state index contributed by atoms with van der Waals surface area (Å²) < 4.78 is 6.64. The normalized spacial score (nSPS) is 21.9. The van der Waals surface area contributed by atoms with Gasteiger partial charge in [0.25, 0.3) is 0 Å². The van der Waals surface area contributed by atoms with Crippen molar-refractivity contribution in [1.82, 2.24) is 4.90 Å². The minimum atomic E-state index is -1.95. The van der Waals surface area contributed by atoms with Crippen molar-refractivity contribution in [3.63, 3.8) is 0 Å². The molecular weight excluding hydrogens is 343 g/mol. The number of rotatable bonds is 9. The molecule has 0 spiro atoms. The second kappa shape index (κ2) is 10.5. The van der Waals surface area contributed by atoms with Gasteiger partial charge in [0.15, 0.2) is 0 Å². The Hall–Kier alpha value is 0.463. The Labute approximate surface area is 148 Å². The Balaban J connectivity index is 1.91. The molecule has 23 heavy (non-hydrogen) atoms. The molecular formula is C20H41GeNO. The predicted molar refractivity (Wildman–Crippen MR) is 104 cm³/mol. The third kappa shape index (κ3) is 5.74. The van der Waals surface area contributed by atoms with Crippen LogP contribution >= 0.6 is 0 Å². The van der Waals surface area contributed by atoms with E-state index in [1.165, 1.54) is 86.5 Å². The molecule has 2 fully saturated rings. The summed E-state index contributed by atoms with van der Waals surface area (Å²) >= 11 is -1.95. The van der Waals surface area contributed by atoms with E-state index in [1.54, 1.807) is 0 Å². The zero-order chi connectivity index (χ0) is 16.5. The van der Waals surface area contributed by atoms with Crippen molar-refractivity contribution < 1.29 is 3.76 Å². The summed E-state index contributed by atoms with van der Waals surface area (Å²) in [6.07, 6.45) is 14.5. The molecule has 0 aromatic rings. The molecule has 2 saturated carbocycles. The van der Waals surface area contributed by atoms with Crippen LogP contribution in [0, 0.1) is 0 Å². The SMILES string of the molecule is C[CH2][Ge]([CH2]C)([CH2]C)[O]CCN(C1CCCCC1)C1CCCCC1. The summed E-state index contributed by atoms with van der Waals surface area (Å²) in [5, 5.41) is 4.00. The molecule has 3 heteroatoms. The van der Waals surface area contributed by atoms with Crippen molar-refractivity contribution in [1.29, 1.82) is 0 Å². The molecule has 0 N–H and O–H groups in total. The quantitative estimate of drug-likeness (QED) is 0.454. The van der Waals surface area contributed by atoms with Gasteiger partial charge in [-0.15, -0.1) is 0 Å². The van der Waals surface area contributed by atoms with Gasteiger partial charge in [-0.3, -0.25) is 0 Å². The van der Waals surface area contributed by atoms with E-state index in [2.05, 4.69) is 25.7 Å². The van der Waals surface area contributed by atoms with E-state index in [0.717, 1.165) is 18.7 Å². The maximum absolute atomic E-state index is 6.64. The van der Waals surface area contributed by atoms with Gasteiger partial charge >= 0.3 is 148 Å². The molecule has 0 aliphatic heterocycles. The molecule has 2 aliphatic rings. The molecule has 0 bridgehead atoms. The van der Waals surface area contributed by atoms with Gasteiger partial charge in [0, 0.05) is 0 Å². The van der Waals surface area contributed by atoms with Gasteiger partial charge in [0.2, 0.25) is 0 Å². The molecule has 2 nitrogen and oxygen atoms in total. The topological polar surface area (TPSA) is 12.5 Å². The second-order valence-corrected chi connectivity index (χ2v) is 17.9. The molecule has 0 radical (unpaired) electrons. The van der Waals surface area contributed by atoms with Crippen LogP contribution in [0.2, 0.25) is 15.8 Å². The van der Waals surface area contributed by atoms with Crippen LogP contribution < -0.4 is 0 Å². The molecule has 0 unspecified atom stereocenters. The fourth-order valence-electron chi connectivity index (χ4n) is 4.91. The van der Waals surface area contributed by atoms with Gasteiger partial charge in [-0.1, -0.05) is 0 Å². The average Bonchev–Trinajstić information content (AvgIpc) is 2.64. The van der Waals surface area contributed by atoms with Gasteiger partial charge in [-0.25, -0.2) is 0 Å². The number of hydrogen-bond donors (Lipinski definition) is 0. The van der Waals surface area contributed by atoms with Crippen LogP contribution in [0.1, 0.15) is 85.0 Å². The maximum atomic E-state index is 6.64. The first-order valence-electron chi connectivity index (χ1n) is 10.6. The summed E-state index contributed by atoms with van der Waals surface area (Å²) in [6, 6.07) is 1.73. The summed E-state index contributed by atoms with van der Waals surface area (Å²) in [5.41, 5.74) is 0. The van der Waals surface area contributed by atoms with Crippen molar-refractivity contribution in [2.45, 2.75) is 113 Å². The van der Waals surface area contributed by atoms with E-state index >= 15 is 0 Å². The van der Waals surface area contributed by atoms with Crippen molar-refractivity contribution in [2.24, 2.45) is 0 Å². The van der Waals surface area contributed by atoms with Crippen LogP contribution in [0.25, 0.3) is 0 Å². The van der Waals surface area contributed by atoms with Gasteiger partial charge in [0.1, 0.15) is 0 Å². The van der Waals surface area contributed by atoms with Crippen LogP contribution in [0.3, 0.4) is 0 Å². The van der Waals surface area contributed by atoms with Crippen molar-refractivity contribution >= 4 is 13.6 Å². The van der Waals surface area contributed by atoms with E-state index in [4.69, 9.17) is 3.76 Å². The summed E-state index contributed by atoms with van der Waals surface area (Å²) in [7, 11) is 0. The Kier molecular flexibility index (Phi) is 8.99. The number of hydrogen-bond acceptors (Lipinski definition) is 2. The monoisotopic (exact) mass is 385 g/mol. The van der Waals surface area contributed by atoms with E-state index < -0.39 is 13.6 Å². The molecule has 0 saturated heterocycles. The molecule has 0 aromatic carbocycles. The second-order valence-electron chi connectivity index (χ2n) is 7.91. The molecule has 2 rings (SSSR count). The molecule has 2 aliphatic carbocycles. The molecule has 0 atom stereocenters. The standard InChI is InChI=1S/C20H41GeNO/c1-4-21(5-2,6-3)23-18-17-22(19-13-9-7-10-14-19)20-15-11-8-12-16-20/h19-20H,4-18H2,1-3H3. The minimum absolute atomic E-state index is 0.863. The summed E-state index contributed by atoms with van der Waals surface area (Å²) in [4.78, 5) is 2.91. The Morgan fingerprint density at radius 3 is 1.57 bits per heavy atom. The third-order valence-corrected chi connectivity index (χ3v) is 16.6. The van der Waals surface area contributed by atoms with Gasteiger partial charge in [-0.2, -0.15) is 0 Å². The number of nitrogens with zero attached hydrogens (tertiary/aromatic N) is 1. The van der Waals surface area contributed by atoms with Crippen molar-refractivity contribution in [3.05, 3.63) is 0 Å². The molecule has 136 valence electrons. The summed E-state index contributed by atoms with van der Waals surface area (Å²) in [5.74, 6) is 0. The zero-order valence-corrected chi connectivity index (χ0v) is 18.2. The van der Waals surface area contributed by atoms with Gasteiger partial charge in [0.05, 0.1) is 0 Å². The first-order chi connectivity index (χ1) is 11.2. The van der Waals surface area contributed by atoms with E-state index in [1.807, 2.05) is 0 Å². The van der Waals surface area contributed by atoms with E-state index in [0.29, 0.717) is 0 Å². The molecule has 0 heterocycles. The Morgan fingerprint density at radius 2 is 1.17 bits per heavy atom. The van der Waals surface area contributed by atoms with Crippen LogP contribution in [0.4, 0.5) is 0 Å². The van der Waals surface area contributed by atoms with Crippen LogP contribution in [0.15, 0.2) is 0 Å². The van der Waals surface area contributed by atoms with Gasteiger partial charge in [-0.05, 0) is 0 Å². The van der Waals surface area contributed by atoms with Crippen molar-refractivity contribution in [2.75, 3.05) is 13.2 Å². The molecule has 0 amide bonds. The first-order valence-corrected chi connectivity index (χ1v) is 15.9. The molecule has 0 aromatic heterocycles. The summed E-state index contributed by atoms with van der Waals surface area (Å²) in [6.45, 7) is 9.33. The van der Waals surface area contributed by atoms with Crippen LogP contribution in [0.5, 0.6) is 0 Å². The van der Waals surface area contributed by atoms with Crippen molar-refractivity contribution in [3.8, 4) is 0 Å². The first kappa shape index (κ1) is 19.8. The fraction of sp³-hybridized carbons (Fsp3) is 1.00. The zero-order valence-electron chi connectivity index (χ0n) is 16.1. The van der Waals surface area contributed by atoms with E-state index in [9.17, 15) is 0 Å². The average molecular weight is 384 g/mol. The van der Waals surface area contributed by atoms with Crippen LogP contribution in [-0.2, 0) is 3.76 Å². The van der Waals surface area contributed by atoms with E-state index in [-0.39, 0.29) is 0 Å². The fourth-order valence-corrected chi connectivity index (χ4v) is 10.4. The predicted octanol–water partition coefficient (Wildman–Crippen LogP) is 5.98. The Morgan fingerprint density at radius 1 is 0.739 bits per heavy atom. The Bertz CT molecular complexity index is 280. The van der Waals surface area contributed by atoms with Crippen LogP contribution in [-0.4, -0.2) is 43.7 Å².